The van der Waals surface area contributed by atoms with Crippen LogP contribution in [0.15, 0.2) is 109 Å². The number of hydrogen-bond acceptors (Lipinski definition) is 6. The SMILES string of the molecule is CC(=O)/C=C(\C)O.[Ir].[c-]1c(-c2ccccn2)sc2ccccc12.[c-]1c(-c2ccccn2)sc2ccccc12. The van der Waals surface area contributed by atoms with Gasteiger partial charge in [-0.25, -0.2) is 22.7 Å². The molecule has 1 N–H and O–H groups in total. The number of aliphatic hydroxyl groups excluding tert-OH is 1. The van der Waals surface area contributed by atoms with Gasteiger partial charge in [0.1, 0.15) is 0 Å². The molecule has 4 heterocycles. The van der Waals surface area contributed by atoms with E-state index in [0.717, 1.165) is 21.1 Å². The number of allylic oxidation sites excluding steroid dienone is 2. The minimum absolute atomic E-state index is 0. The number of carbonyl (C=O) groups excluding carboxylic acids is 1. The van der Waals surface area contributed by atoms with E-state index in [1.807, 2.05) is 60.9 Å². The molecule has 0 fully saturated rings. The summed E-state index contributed by atoms with van der Waals surface area (Å²) in [6, 6.07) is 35.2. The van der Waals surface area contributed by atoms with E-state index in [-0.39, 0.29) is 31.6 Å². The Bertz CT molecular complexity index is 1450. The van der Waals surface area contributed by atoms with Gasteiger partial charge in [0.25, 0.3) is 0 Å². The van der Waals surface area contributed by atoms with Gasteiger partial charge < -0.3 is 15.1 Å². The van der Waals surface area contributed by atoms with Crippen molar-refractivity contribution in [2.75, 3.05) is 0 Å². The summed E-state index contributed by atoms with van der Waals surface area (Å²) >= 11 is 3.46. The molecule has 0 aliphatic carbocycles. The van der Waals surface area contributed by atoms with Crippen molar-refractivity contribution in [2.24, 2.45) is 0 Å². The number of rotatable bonds is 3. The van der Waals surface area contributed by atoms with Gasteiger partial charge in [-0.2, -0.15) is 0 Å². The van der Waals surface area contributed by atoms with Crippen molar-refractivity contribution in [3.63, 3.8) is 0 Å². The molecule has 7 heteroatoms. The standard InChI is InChI=1S/2C13H8NS.C5H8O2.Ir/c2*1-2-7-12-10(5-1)9-13(15-12)11-6-3-4-8-14-11;1-4(6)3-5(2)7;/h2*1-8H;3,6H,1-2H3;/q2*-1;;/b;;4-3+;. The number of ketones is 1. The number of carbonyl (C=O) groups is 1. The molecule has 0 spiro atoms. The molecule has 1 radical (unpaired) electrons. The van der Waals surface area contributed by atoms with Crippen LogP contribution in [0.5, 0.6) is 0 Å². The molecule has 4 aromatic heterocycles. The van der Waals surface area contributed by atoms with Crippen LogP contribution in [0.2, 0.25) is 0 Å². The Morgan fingerprint density at radius 1 is 0.711 bits per heavy atom. The zero-order chi connectivity index (χ0) is 26.0. The van der Waals surface area contributed by atoms with Crippen LogP contribution in [0, 0.1) is 12.1 Å². The molecule has 0 amide bonds. The van der Waals surface area contributed by atoms with Gasteiger partial charge in [0.2, 0.25) is 0 Å². The Hall–Kier alpha value is -3.48. The first-order chi connectivity index (χ1) is 18.0. The van der Waals surface area contributed by atoms with Gasteiger partial charge in [-0.1, -0.05) is 48.5 Å². The first-order valence-corrected chi connectivity index (χ1v) is 13.2. The molecule has 0 saturated heterocycles. The average Bonchev–Trinajstić information content (AvgIpc) is 3.54. The van der Waals surface area contributed by atoms with E-state index in [4.69, 9.17) is 5.11 Å². The summed E-state index contributed by atoms with van der Waals surface area (Å²) in [6.07, 6.45) is 4.79. The number of aliphatic hydroxyl groups is 1. The predicted octanol–water partition coefficient (Wildman–Crippen LogP) is 8.56. The van der Waals surface area contributed by atoms with Crippen LogP contribution < -0.4 is 0 Å². The van der Waals surface area contributed by atoms with Crippen LogP contribution >= 0.6 is 22.7 Å². The smallest absolute Gasteiger partial charge is 0.155 e. The van der Waals surface area contributed by atoms with E-state index in [9.17, 15) is 4.79 Å². The Kier molecular flexibility index (Phi) is 11.1. The van der Waals surface area contributed by atoms with Crippen molar-refractivity contribution < 1.29 is 30.0 Å². The molecular formula is C31H24IrN2O2S2-2. The van der Waals surface area contributed by atoms with E-state index in [1.54, 1.807) is 22.7 Å². The van der Waals surface area contributed by atoms with Crippen molar-refractivity contribution in [1.29, 1.82) is 0 Å². The molecular weight excluding hydrogens is 689 g/mol. The van der Waals surface area contributed by atoms with Crippen LogP contribution in [0.4, 0.5) is 0 Å². The van der Waals surface area contributed by atoms with E-state index < -0.39 is 0 Å². The number of thiophene rings is 2. The fourth-order valence-electron chi connectivity index (χ4n) is 3.35. The van der Waals surface area contributed by atoms with E-state index in [2.05, 4.69) is 58.5 Å². The molecule has 4 nitrogen and oxygen atoms in total. The van der Waals surface area contributed by atoms with E-state index >= 15 is 0 Å². The molecule has 0 unspecified atom stereocenters. The molecule has 0 atom stereocenters. The fraction of sp³-hybridized carbons (Fsp3) is 0.0645. The number of nitrogens with zero attached hydrogens (tertiary/aromatic N) is 2. The molecule has 0 bridgehead atoms. The van der Waals surface area contributed by atoms with Crippen LogP contribution in [0.25, 0.3) is 41.3 Å². The summed E-state index contributed by atoms with van der Waals surface area (Å²) in [5, 5.41) is 10.7. The summed E-state index contributed by atoms with van der Waals surface area (Å²) in [5.41, 5.74) is 2.00. The normalized spacial score (nSPS) is 10.5. The summed E-state index contributed by atoms with van der Waals surface area (Å²) in [4.78, 5) is 20.9. The largest absolute Gasteiger partial charge is 0.512 e. The zero-order valence-electron chi connectivity index (χ0n) is 20.7. The minimum Gasteiger partial charge on any atom is -0.512 e. The van der Waals surface area contributed by atoms with Gasteiger partial charge in [-0.15, -0.1) is 47.2 Å². The molecule has 0 saturated carbocycles. The molecule has 2 aromatic carbocycles. The maximum atomic E-state index is 10.0. The molecule has 6 rings (SSSR count). The van der Waals surface area contributed by atoms with Crippen molar-refractivity contribution in [1.82, 2.24) is 9.97 Å². The van der Waals surface area contributed by atoms with Crippen LogP contribution in [-0.4, -0.2) is 20.9 Å². The van der Waals surface area contributed by atoms with Crippen molar-refractivity contribution in [3.8, 4) is 21.1 Å². The van der Waals surface area contributed by atoms with Gasteiger partial charge in [-0.05, 0) is 45.1 Å². The van der Waals surface area contributed by atoms with Crippen molar-refractivity contribution in [3.05, 3.63) is 121 Å². The topological polar surface area (TPSA) is 63.1 Å². The van der Waals surface area contributed by atoms with Crippen LogP contribution in [0.3, 0.4) is 0 Å². The number of fused-ring (bicyclic) bond motifs is 2. The Morgan fingerprint density at radius 2 is 1.13 bits per heavy atom. The second kappa shape index (κ2) is 14.5. The second-order valence-electron chi connectivity index (χ2n) is 7.93. The third kappa shape index (κ3) is 8.27. The number of benzene rings is 2. The summed E-state index contributed by atoms with van der Waals surface area (Å²) < 4.78 is 2.52. The molecule has 0 aliphatic rings. The Labute approximate surface area is 243 Å². The quantitative estimate of drug-likeness (QED) is 0.114. The maximum absolute atomic E-state index is 10.0. The maximum Gasteiger partial charge on any atom is 0.155 e. The first kappa shape index (κ1) is 29.1. The summed E-state index contributed by atoms with van der Waals surface area (Å²) in [5.74, 6) is -0.0625. The average molecular weight is 713 g/mol. The van der Waals surface area contributed by atoms with E-state index in [0.29, 0.717) is 0 Å². The van der Waals surface area contributed by atoms with Crippen LogP contribution in [0.1, 0.15) is 13.8 Å². The third-order valence-corrected chi connectivity index (χ3v) is 7.08. The number of aromatic nitrogens is 2. The Morgan fingerprint density at radius 3 is 1.45 bits per heavy atom. The van der Waals surface area contributed by atoms with E-state index in [1.165, 1.54) is 40.1 Å². The minimum atomic E-state index is -0.125. The third-order valence-electron chi connectivity index (χ3n) is 4.90. The molecule has 0 aliphatic heterocycles. The molecule has 193 valence electrons. The second-order valence-corrected chi connectivity index (χ2v) is 10.0. The van der Waals surface area contributed by atoms with Gasteiger partial charge in [-0.3, -0.25) is 4.79 Å². The number of hydrogen-bond donors (Lipinski definition) is 1. The monoisotopic (exact) mass is 713 g/mol. The number of pyridine rings is 2. The van der Waals surface area contributed by atoms with Gasteiger partial charge in [0.15, 0.2) is 5.78 Å². The van der Waals surface area contributed by atoms with Gasteiger partial charge >= 0.3 is 0 Å². The predicted molar refractivity (Wildman–Crippen MR) is 155 cm³/mol. The van der Waals surface area contributed by atoms with Crippen molar-refractivity contribution in [2.45, 2.75) is 13.8 Å². The first-order valence-electron chi connectivity index (χ1n) is 11.5. The summed E-state index contributed by atoms with van der Waals surface area (Å²) in [6.45, 7) is 2.85. The van der Waals surface area contributed by atoms with Gasteiger partial charge in [0, 0.05) is 50.0 Å². The van der Waals surface area contributed by atoms with Gasteiger partial charge in [0.05, 0.1) is 5.76 Å². The Balaban J connectivity index is 0.000000167. The summed E-state index contributed by atoms with van der Waals surface area (Å²) in [7, 11) is 0. The molecule has 38 heavy (non-hydrogen) atoms. The van der Waals surface area contributed by atoms with Crippen molar-refractivity contribution >= 4 is 48.6 Å². The zero-order valence-corrected chi connectivity index (χ0v) is 24.7. The fourth-order valence-corrected chi connectivity index (χ4v) is 5.32. The molecule has 6 aromatic rings. The van der Waals surface area contributed by atoms with Crippen LogP contribution in [-0.2, 0) is 24.9 Å².